The average molecular weight is 309 g/mol. The van der Waals surface area contributed by atoms with Gasteiger partial charge in [0.1, 0.15) is 5.75 Å². The van der Waals surface area contributed by atoms with Gasteiger partial charge in [0.2, 0.25) is 0 Å². The normalized spacial score (nSPS) is 27.1. The summed E-state index contributed by atoms with van der Waals surface area (Å²) in [6.07, 6.45) is 3.62. The Labute approximate surface area is 123 Å². The van der Waals surface area contributed by atoms with E-state index in [0.29, 0.717) is 18.6 Å². The highest BCUT2D eigenvalue weighted by atomic mass is 32.2. The second-order valence-electron chi connectivity index (χ2n) is 4.96. The maximum atomic E-state index is 12.4. The largest absolute Gasteiger partial charge is 0.417 e. The number of fused-ring (bicyclic) bond motifs is 4. The van der Waals surface area contributed by atoms with Crippen molar-refractivity contribution in [3.05, 3.63) is 36.4 Å². The van der Waals surface area contributed by atoms with Gasteiger partial charge >= 0.3 is 6.09 Å². The van der Waals surface area contributed by atoms with E-state index in [1.807, 2.05) is 6.08 Å². The molecule has 7 heteroatoms. The van der Waals surface area contributed by atoms with Crippen LogP contribution in [0.3, 0.4) is 0 Å². The maximum Gasteiger partial charge on any atom is 0.417 e. The van der Waals surface area contributed by atoms with Gasteiger partial charge in [-0.05, 0) is 30.7 Å². The zero-order valence-electron chi connectivity index (χ0n) is 11.5. The lowest BCUT2D eigenvalue weighted by atomic mass is 10.0. The Balaban J connectivity index is 2.17. The van der Waals surface area contributed by atoms with Crippen LogP contribution in [0.5, 0.6) is 5.75 Å². The molecule has 0 aromatic heterocycles. The van der Waals surface area contributed by atoms with Gasteiger partial charge in [-0.25, -0.2) is 8.98 Å². The van der Waals surface area contributed by atoms with E-state index in [4.69, 9.17) is 8.92 Å². The highest BCUT2D eigenvalue weighted by Crippen LogP contribution is 2.35. The first kappa shape index (κ1) is 14.1. The zero-order chi connectivity index (χ0) is 15.1. The molecule has 3 heterocycles. The van der Waals surface area contributed by atoms with Crippen molar-refractivity contribution in [2.45, 2.75) is 30.4 Å². The number of carbonyl (C=O) groups excluding carboxylic acids is 1. The smallest absolute Gasteiger partial charge is 0.410 e. The molecule has 0 spiro atoms. The van der Waals surface area contributed by atoms with Crippen molar-refractivity contribution in [3.8, 4) is 5.75 Å². The van der Waals surface area contributed by atoms with Crippen LogP contribution in [-0.2, 0) is 14.3 Å². The van der Waals surface area contributed by atoms with E-state index in [-0.39, 0.29) is 11.4 Å². The molecule has 6 nitrogen and oxygen atoms in total. The Hall–Kier alpha value is -1.86. The molecule has 3 aliphatic heterocycles. The highest BCUT2D eigenvalue weighted by molar-refractivity contribution is 7.86. The monoisotopic (exact) mass is 309 g/mol. The van der Waals surface area contributed by atoms with Crippen LogP contribution in [-0.4, -0.2) is 31.7 Å². The molecular weight excluding hydrogens is 294 g/mol. The van der Waals surface area contributed by atoms with Crippen LogP contribution in [0.1, 0.15) is 19.8 Å². The van der Waals surface area contributed by atoms with Gasteiger partial charge in [-0.1, -0.05) is 19.1 Å². The minimum Gasteiger partial charge on any atom is -0.410 e. The van der Waals surface area contributed by atoms with E-state index in [2.05, 4.69) is 0 Å². The third-order valence-corrected chi connectivity index (χ3v) is 5.12. The lowest BCUT2D eigenvalue weighted by molar-refractivity contribution is -0.0632. The predicted octanol–water partition coefficient (Wildman–Crippen LogP) is 2.27. The van der Waals surface area contributed by atoms with Crippen molar-refractivity contribution in [2.75, 3.05) is 6.54 Å². The summed E-state index contributed by atoms with van der Waals surface area (Å²) in [4.78, 5) is 13.7. The van der Waals surface area contributed by atoms with Gasteiger partial charge < -0.3 is 4.74 Å². The van der Waals surface area contributed by atoms with Crippen LogP contribution in [0.2, 0.25) is 0 Å². The molecule has 21 heavy (non-hydrogen) atoms. The summed E-state index contributed by atoms with van der Waals surface area (Å²) in [5.41, 5.74) is -1.24. The van der Waals surface area contributed by atoms with Crippen molar-refractivity contribution >= 4 is 16.2 Å². The molecule has 0 radical (unpaired) electrons. The molecule has 1 amide bonds. The maximum absolute atomic E-state index is 12.4. The van der Waals surface area contributed by atoms with Crippen LogP contribution in [0.25, 0.3) is 0 Å². The molecular formula is C14H15NO5S. The molecule has 1 unspecified atom stereocenters. The standard InChI is InChI=1S/C14H15NO5S/c1-2-14-9-3-4-10-15(14)13(16)19-11-5-7-12(8-6-11)21(17,18)20-14/h3-8H,2,9-10H2,1H3. The Kier molecular flexibility index (Phi) is 3.26. The molecule has 1 aromatic carbocycles. The molecule has 2 bridgehead atoms. The summed E-state index contributed by atoms with van der Waals surface area (Å²) < 4.78 is 35.6. The van der Waals surface area contributed by atoms with Crippen molar-refractivity contribution in [1.82, 2.24) is 4.90 Å². The summed E-state index contributed by atoms with van der Waals surface area (Å²) in [6, 6.07) is 5.62. The first-order valence-electron chi connectivity index (χ1n) is 6.67. The minimum atomic E-state index is -3.95. The van der Waals surface area contributed by atoms with Gasteiger partial charge in [0.05, 0.1) is 4.90 Å². The van der Waals surface area contributed by atoms with E-state index in [0.717, 1.165) is 0 Å². The van der Waals surface area contributed by atoms with E-state index in [1.54, 1.807) is 13.0 Å². The Bertz CT molecular complexity index is 695. The number of carbonyl (C=O) groups is 1. The third-order valence-electron chi connectivity index (χ3n) is 3.74. The summed E-state index contributed by atoms with van der Waals surface area (Å²) in [7, 11) is -3.95. The van der Waals surface area contributed by atoms with Crippen LogP contribution in [0.4, 0.5) is 4.79 Å². The first-order chi connectivity index (χ1) is 9.97. The van der Waals surface area contributed by atoms with Crippen LogP contribution < -0.4 is 4.74 Å². The molecule has 4 rings (SSSR count). The molecule has 0 N–H and O–H groups in total. The Morgan fingerprint density at radius 2 is 1.95 bits per heavy atom. The molecule has 0 aliphatic carbocycles. The fraction of sp³-hybridized carbons (Fsp3) is 0.357. The molecule has 1 atom stereocenters. The molecule has 1 aromatic rings. The Morgan fingerprint density at radius 3 is 2.62 bits per heavy atom. The summed E-state index contributed by atoms with van der Waals surface area (Å²) in [6.45, 7) is 2.03. The van der Waals surface area contributed by atoms with Gasteiger partial charge in [0.15, 0.2) is 5.72 Å². The van der Waals surface area contributed by atoms with E-state index in [1.165, 1.54) is 29.2 Å². The van der Waals surface area contributed by atoms with Crippen LogP contribution >= 0.6 is 0 Å². The third kappa shape index (κ3) is 2.32. The fourth-order valence-electron chi connectivity index (χ4n) is 2.52. The quantitative estimate of drug-likeness (QED) is 0.588. The van der Waals surface area contributed by atoms with Gasteiger partial charge in [-0.2, -0.15) is 8.42 Å². The SMILES string of the molecule is CCC12CC=CCN1C(=O)Oc1ccc(cc1)S(=O)(=O)O2. The number of hydrogen-bond acceptors (Lipinski definition) is 5. The molecule has 0 saturated carbocycles. The van der Waals surface area contributed by atoms with E-state index in [9.17, 15) is 13.2 Å². The molecule has 0 fully saturated rings. The summed E-state index contributed by atoms with van der Waals surface area (Å²) in [5, 5.41) is 0. The van der Waals surface area contributed by atoms with Gasteiger partial charge in [0.25, 0.3) is 10.1 Å². The molecule has 112 valence electrons. The van der Waals surface area contributed by atoms with Crippen molar-refractivity contribution in [1.29, 1.82) is 0 Å². The second kappa shape index (κ2) is 4.85. The number of nitrogens with zero attached hydrogens (tertiary/aromatic N) is 1. The number of rotatable bonds is 1. The Morgan fingerprint density at radius 1 is 1.24 bits per heavy atom. The van der Waals surface area contributed by atoms with Crippen molar-refractivity contribution in [2.24, 2.45) is 0 Å². The minimum absolute atomic E-state index is 0.0477. The van der Waals surface area contributed by atoms with E-state index < -0.39 is 21.9 Å². The van der Waals surface area contributed by atoms with Crippen molar-refractivity contribution in [3.63, 3.8) is 0 Å². The zero-order valence-corrected chi connectivity index (χ0v) is 12.3. The second-order valence-corrected chi connectivity index (χ2v) is 6.51. The summed E-state index contributed by atoms with van der Waals surface area (Å²) in [5.74, 6) is 0.306. The number of ether oxygens (including phenoxy) is 1. The number of hydrogen-bond donors (Lipinski definition) is 0. The van der Waals surface area contributed by atoms with Gasteiger partial charge in [-0.3, -0.25) is 4.90 Å². The van der Waals surface area contributed by atoms with Crippen LogP contribution in [0, 0.1) is 0 Å². The molecule has 0 saturated heterocycles. The highest BCUT2D eigenvalue weighted by Gasteiger charge is 2.45. The average Bonchev–Trinajstić information content (AvgIpc) is 2.47. The fourth-order valence-corrected chi connectivity index (χ4v) is 3.77. The van der Waals surface area contributed by atoms with E-state index >= 15 is 0 Å². The van der Waals surface area contributed by atoms with Gasteiger partial charge in [-0.15, -0.1) is 0 Å². The lowest BCUT2D eigenvalue weighted by Gasteiger charge is -2.42. The first-order valence-corrected chi connectivity index (χ1v) is 8.08. The molecule has 3 aliphatic rings. The predicted molar refractivity (Wildman–Crippen MR) is 74.2 cm³/mol. The summed E-state index contributed by atoms with van der Waals surface area (Å²) >= 11 is 0. The lowest BCUT2D eigenvalue weighted by Crippen LogP contribution is -2.56. The number of benzene rings is 1. The van der Waals surface area contributed by atoms with Crippen LogP contribution in [0.15, 0.2) is 41.3 Å². The van der Waals surface area contributed by atoms with Gasteiger partial charge in [0, 0.05) is 13.0 Å². The number of amides is 1. The topological polar surface area (TPSA) is 72.9 Å². The van der Waals surface area contributed by atoms with Crippen molar-refractivity contribution < 1.29 is 22.1 Å².